The van der Waals surface area contributed by atoms with Crippen LogP contribution in [0.1, 0.15) is 30.6 Å². The molecule has 0 aliphatic rings. The van der Waals surface area contributed by atoms with E-state index in [1.165, 1.54) is 6.07 Å². The average molecular weight is 290 g/mol. The Balaban J connectivity index is 2.74. The summed E-state index contributed by atoms with van der Waals surface area (Å²) in [6.07, 6.45) is 2.48. The third kappa shape index (κ3) is 5.90. The molecule has 0 aliphatic carbocycles. The minimum absolute atomic E-state index is 0.0641. The van der Waals surface area contributed by atoms with Crippen LogP contribution in [0.2, 0.25) is 0 Å². The van der Waals surface area contributed by atoms with Gasteiger partial charge in [-0.2, -0.15) is 0 Å². The predicted molar refractivity (Wildman–Crippen MR) is 79.1 cm³/mol. The summed E-state index contributed by atoms with van der Waals surface area (Å²) in [5.74, 6) is -2.00. The van der Waals surface area contributed by atoms with Crippen molar-refractivity contribution in [3.8, 4) is 0 Å². The molecule has 6 heteroatoms. The number of carbonyl (C=O) groups is 3. The Morgan fingerprint density at radius 3 is 2.62 bits per heavy atom. The average Bonchev–Trinajstić information content (AvgIpc) is 2.45. The maximum atomic E-state index is 12.0. The third-order valence-electron chi connectivity index (χ3n) is 2.76. The van der Waals surface area contributed by atoms with Crippen LogP contribution in [-0.2, 0) is 9.59 Å². The largest absolute Gasteiger partial charge is 0.478 e. The van der Waals surface area contributed by atoms with Gasteiger partial charge in [0.2, 0.25) is 5.91 Å². The molecule has 0 heterocycles. The molecular formula is C15H18N2O4. The Morgan fingerprint density at radius 2 is 2.00 bits per heavy atom. The highest BCUT2D eigenvalue weighted by atomic mass is 16.4. The molecule has 112 valence electrons. The number of benzene rings is 1. The van der Waals surface area contributed by atoms with Gasteiger partial charge in [-0.25, -0.2) is 4.79 Å². The summed E-state index contributed by atoms with van der Waals surface area (Å²) in [7, 11) is 0. The fraction of sp³-hybridized carbons (Fsp3) is 0.267. The van der Waals surface area contributed by atoms with E-state index in [-0.39, 0.29) is 11.9 Å². The number of anilines is 1. The molecule has 0 saturated heterocycles. The maximum absolute atomic E-state index is 12.0. The Hall–Kier alpha value is -2.63. The highest BCUT2D eigenvalue weighted by molar-refractivity contribution is 6.03. The molecule has 1 unspecified atom stereocenters. The standard InChI is InChI=1S/C15H18N2O4/c1-3-10(2)16-15(21)11-5-4-6-12(9-11)17-13(18)7-8-14(19)20/h4-10H,3H2,1-2H3,(H,16,21)(H,17,18)(H,19,20). The highest BCUT2D eigenvalue weighted by Gasteiger charge is 2.09. The number of carboxylic acids is 1. The zero-order valence-corrected chi connectivity index (χ0v) is 11.9. The van der Waals surface area contributed by atoms with Crippen molar-refractivity contribution >= 4 is 23.5 Å². The summed E-state index contributed by atoms with van der Waals surface area (Å²) in [6.45, 7) is 3.87. The van der Waals surface area contributed by atoms with Crippen LogP contribution >= 0.6 is 0 Å². The normalized spacial score (nSPS) is 11.9. The summed E-state index contributed by atoms with van der Waals surface area (Å²) in [4.78, 5) is 33.7. The Morgan fingerprint density at radius 1 is 1.29 bits per heavy atom. The molecule has 2 amide bonds. The predicted octanol–water partition coefficient (Wildman–Crippen LogP) is 1.79. The van der Waals surface area contributed by atoms with Gasteiger partial charge < -0.3 is 15.7 Å². The van der Waals surface area contributed by atoms with Crippen LogP contribution in [0.4, 0.5) is 5.69 Å². The molecule has 0 fully saturated rings. The van der Waals surface area contributed by atoms with Crippen molar-refractivity contribution in [1.29, 1.82) is 0 Å². The van der Waals surface area contributed by atoms with Crippen molar-refractivity contribution in [2.45, 2.75) is 26.3 Å². The second-order valence-electron chi connectivity index (χ2n) is 4.52. The van der Waals surface area contributed by atoms with Crippen molar-refractivity contribution in [3.05, 3.63) is 42.0 Å². The number of rotatable bonds is 6. The van der Waals surface area contributed by atoms with Crippen LogP contribution in [0.25, 0.3) is 0 Å². The van der Waals surface area contributed by atoms with Crippen LogP contribution in [0.3, 0.4) is 0 Å². The lowest BCUT2D eigenvalue weighted by atomic mass is 10.1. The number of hydrogen-bond donors (Lipinski definition) is 3. The molecule has 0 aliphatic heterocycles. The molecule has 6 nitrogen and oxygen atoms in total. The summed E-state index contributed by atoms with van der Waals surface area (Å²) >= 11 is 0. The van der Waals surface area contributed by atoms with E-state index in [0.29, 0.717) is 11.3 Å². The van der Waals surface area contributed by atoms with Gasteiger partial charge in [-0.3, -0.25) is 9.59 Å². The van der Waals surface area contributed by atoms with E-state index in [4.69, 9.17) is 5.11 Å². The fourth-order valence-corrected chi connectivity index (χ4v) is 1.48. The van der Waals surface area contributed by atoms with E-state index in [0.717, 1.165) is 18.6 Å². The lowest BCUT2D eigenvalue weighted by molar-refractivity contribution is -0.131. The lowest BCUT2D eigenvalue weighted by Crippen LogP contribution is -2.31. The minimum atomic E-state index is -1.20. The van der Waals surface area contributed by atoms with Gasteiger partial charge in [-0.05, 0) is 31.5 Å². The molecule has 0 saturated carbocycles. The highest BCUT2D eigenvalue weighted by Crippen LogP contribution is 2.11. The maximum Gasteiger partial charge on any atom is 0.328 e. The summed E-state index contributed by atoms with van der Waals surface area (Å²) in [5, 5.41) is 13.7. The molecule has 1 aromatic carbocycles. The first-order valence-corrected chi connectivity index (χ1v) is 6.55. The lowest BCUT2D eigenvalue weighted by Gasteiger charge is -2.12. The van der Waals surface area contributed by atoms with E-state index in [1.54, 1.807) is 18.2 Å². The van der Waals surface area contributed by atoms with E-state index in [1.807, 2.05) is 13.8 Å². The SMILES string of the molecule is CCC(C)NC(=O)c1cccc(NC(=O)C=CC(=O)O)c1. The van der Waals surface area contributed by atoms with Crippen LogP contribution in [0.5, 0.6) is 0 Å². The first-order chi connectivity index (χ1) is 9.92. The summed E-state index contributed by atoms with van der Waals surface area (Å²) < 4.78 is 0. The van der Waals surface area contributed by atoms with Gasteiger partial charge in [-0.15, -0.1) is 0 Å². The van der Waals surface area contributed by atoms with E-state index in [2.05, 4.69) is 10.6 Å². The molecule has 1 atom stereocenters. The number of carboxylic acid groups (broad SMARTS) is 1. The Labute approximate surface area is 122 Å². The topological polar surface area (TPSA) is 95.5 Å². The molecule has 1 rings (SSSR count). The number of aliphatic carboxylic acids is 1. The van der Waals surface area contributed by atoms with Crippen LogP contribution < -0.4 is 10.6 Å². The van der Waals surface area contributed by atoms with Gasteiger partial charge in [-0.1, -0.05) is 13.0 Å². The third-order valence-corrected chi connectivity index (χ3v) is 2.76. The number of carbonyl (C=O) groups excluding carboxylic acids is 2. The van der Waals surface area contributed by atoms with E-state index in [9.17, 15) is 14.4 Å². The van der Waals surface area contributed by atoms with Crippen molar-refractivity contribution < 1.29 is 19.5 Å². The fourth-order valence-electron chi connectivity index (χ4n) is 1.48. The molecular weight excluding hydrogens is 272 g/mol. The van der Waals surface area contributed by atoms with Crippen molar-refractivity contribution in [1.82, 2.24) is 5.32 Å². The molecule has 0 bridgehead atoms. The zero-order chi connectivity index (χ0) is 15.8. The van der Waals surface area contributed by atoms with Crippen molar-refractivity contribution in [2.75, 3.05) is 5.32 Å². The van der Waals surface area contributed by atoms with Crippen LogP contribution in [0, 0.1) is 0 Å². The monoisotopic (exact) mass is 290 g/mol. The van der Waals surface area contributed by atoms with Gasteiger partial charge in [0.05, 0.1) is 0 Å². The van der Waals surface area contributed by atoms with Gasteiger partial charge in [0.1, 0.15) is 0 Å². The quantitative estimate of drug-likeness (QED) is 0.696. The van der Waals surface area contributed by atoms with Gasteiger partial charge in [0, 0.05) is 29.4 Å². The van der Waals surface area contributed by atoms with E-state index >= 15 is 0 Å². The second-order valence-corrected chi connectivity index (χ2v) is 4.52. The van der Waals surface area contributed by atoms with Crippen LogP contribution in [-0.4, -0.2) is 28.9 Å². The summed E-state index contributed by atoms with van der Waals surface area (Å²) in [6, 6.07) is 6.49. The van der Waals surface area contributed by atoms with Gasteiger partial charge in [0.15, 0.2) is 0 Å². The molecule has 21 heavy (non-hydrogen) atoms. The first-order valence-electron chi connectivity index (χ1n) is 6.55. The smallest absolute Gasteiger partial charge is 0.328 e. The second kappa shape index (κ2) is 7.84. The number of nitrogens with one attached hydrogen (secondary N) is 2. The molecule has 3 N–H and O–H groups in total. The van der Waals surface area contributed by atoms with Crippen molar-refractivity contribution in [3.63, 3.8) is 0 Å². The molecule has 0 aromatic heterocycles. The number of hydrogen-bond acceptors (Lipinski definition) is 3. The van der Waals surface area contributed by atoms with Gasteiger partial charge in [0.25, 0.3) is 5.91 Å². The Bertz CT molecular complexity index is 567. The molecule has 0 spiro atoms. The molecule has 1 aromatic rings. The Kier molecular flexibility index (Phi) is 6.13. The van der Waals surface area contributed by atoms with Gasteiger partial charge >= 0.3 is 5.97 Å². The summed E-state index contributed by atoms with van der Waals surface area (Å²) in [5.41, 5.74) is 0.849. The number of amides is 2. The van der Waals surface area contributed by atoms with Crippen LogP contribution in [0.15, 0.2) is 36.4 Å². The minimum Gasteiger partial charge on any atom is -0.478 e. The van der Waals surface area contributed by atoms with E-state index < -0.39 is 11.9 Å². The van der Waals surface area contributed by atoms with Crippen molar-refractivity contribution in [2.24, 2.45) is 0 Å². The molecule has 0 radical (unpaired) electrons. The first kappa shape index (κ1) is 16.4. The zero-order valence-electron chi connectivity index (χ0n) is 11.9.